The van der Waals surface area contributed by atoms with E-state index in [1.54, 1.807) is 0 Å². The van der Waals surface area contributed by atoms with Gasteiger partial charge in [-0.1, -0.05) is 55.8 Å². The fourth-order valence-electron chi connectivity index (χ4n) is 4.79. The molecule has 0 aromatic heterocycles. The predicted octanol–water partition coefficient (Wildman–Crippen LogP) is 5.90. The highest BCUT2D eigenvalue weighted by Gasteiger charge is 2.37. The number of Topliss-reactive ketones (excluding diaryl/α,β-unsaturated/α-hetero) is 1. The lowest BCUT2D eigenvalue weighted by atomic mass is 9.71. The molecule has 4 nitrogen and oxygen atoms in total. The number of allylic oxidation sites excluding steroid dienone is 2. The monoisotopic (exact) mass is 392 g/mol. The first kappa shape index (κ1) is 19.6. The fraction of sp³-hybridized carbons (Fsp3) is 0.400. The van der Waals surface area contributed by atoms with Gasteiger partial charge in [0, 0.05) is 17.5 Å². The first-order valence-electron chi connectivity index (χ1n) is 10.4. The first-order valence-corrected chi connectivity index (χ1v) is 10.4. The number of phenols is 2. The molecule has 2 aromatic rings. The molecular formula is C25H28O4. The van der Waals surface area contributed by atoms with Gasteiger partial charge in [0.2, 0.25) is 0 Å². The molecule has 0 bridgehead atoms. The molecule has 1 aliphatic heterocycles. The Bertz CT molecular complexity index is 959. The standard InChI is InChI=1S/C25H28O4/c1-14(2)17-10-9-15(3)11-18(17)23-19(26)13-22-24(25(23)28)20(27)12-21(29-22)16-7-5-4-6-8-16/h4-8,11,13-14,17-18,21,26,28H,9-10,12H2,1-3H3/t17-,18+,21-/m1/s1. The highest BCUT2D eigenvalue weighted by atomic mass is 16.5. The number of carbonyl (C=O) groups excluding carboxylic acids is 1. The van der Waals surface area contributed by atoms with Crippen LogP contribution < -0.4 is 4.74 Å². The molecule has 2 N–H and O–H groups in total. The predicted molar refractivity (Wildman–Crippen MR) is 113 cm³/mol. The van der Waals surface area contributed by atoms with E-state index >= 15 is 0 Å². The van der Waals surface area contributed by atoms with Crippen molar-refractivity contribution in [3.8, 4) is 17.2 Å². The van der Waals surface area contributed by atoms with E-state index in [2.05, 4.69) is 26.8 Å². The zero-order valence-corrected chi connectivity index (χ0v) is 17.2. The van der Waals surface area contributed by atoms with Crippen LogP contribution in [0.2, 0.25) is 0 Å². The highest BCUT2D eigenvalue weighted by molar-refractivity contribution is 6.03. The first-order chi connectivity index (χ1) is 13.9. The maximum absolute atomic E-state index is 13.0. The molecule has 3 atom stereocenters. The van der Waals surface area contributed by atoms with Crippen LogP contribution in [0.1, 0.15) is 73.5 Å². The molecule has 152 valence electrons. The minimum absolute atomic E-state index is 0.00985. The Morgan fingerprint density at radius 3 is 2.55 bits per heavy atom. The fourth-order valence-corrected chi connectivity index (χ4v) is 4.79. The van der Waals surface area contributed by atoms with Gasteiger partial charge >= 0.3 is 0 Å². The summed E-state index contributed by atoms with van der Waals surface area (Å²) < 4.78 is 6.03. The minimum atomic E-state index is -0.416. The molecule has 4 heteroatoms. The van der Waals surface area contributed by atoms with Crippen molar-refractivity contribution in [2.24, 2.45) is 11.8 Å². The molecule has 29 heavy (non-hydrogen) atoms. The summed E-state index contributed by atoms with van der Waals surface area (Å²) in [5, 5.41) is 21.9. The van der Waals surface area contributed by atoms with Crippen LogP contribution >= 0.6 is 0 Å². The lowest BCUT2D eigenvalue weighted by molar-refractivity contribution is 0.0844. The van der Waals surface area contributed by atoms with Crippen LogP contribution in [0.15, 0.2) is 48.0 Å². The van der Waals surface area contributed by atoms with Gasteiger partial charge in [0.25, 0.3) is 0 Å². The SMILES string of the molecule is CC1=C[C@H](c2c(O)cc3c(c2O)C(=O)C[C@H](c2ccccc2)O3)[C@@H](C(C)C)CC1. The number of ether oxygens (including phenoxy) is 1. The summed E-state index contributed by atoms with van der Waals surface area (Å²) in [6, 6.07) is 11.1. The molecule has 2 aromatic carbocycles. The van der Waals surface area contributed by atoms with Crippen molar-refractivity contribution in [2.75, 3.05) is 0 Å². The molecule has 2 aliphatic rings. The summed E-state index contributed by atoms with van der Waals surface area (Å²) in [5.74, 6) is 0.540. The van der Waals surface area contributed by atoms with Gasteiger partial charge in [0.05, 0.1) is 6.42 Å². The maximum Gasteiger partial charge on any atom is 0.174 e. The van der Waals surface area contributed by atoms with Crippen LogP contribution in [-0.4, -0.2) is 16.0 Å². The van der Waals surface area contributed by atoms with Gasteiger partial charge in [-0.15, -0.1) is 0 Å². The second-order valence-corrected chi connectivity index (χ2v) is 8.66. The van der Waals surface area contributed by atoms with Gasteiger partial charge in [-0.05, 0) is 37.2 Å². The molecule has 4 rings (SSSR count). The maximum atomic E-state index is 13.0. The molecule has 0 amide bonds. The van der Waals surface area contributed by atoms with E-state index in [9.17, 15) is 15.0 Å². The molecule has 0 unspecified atom stereocenters. The number of aromatic hydroxyl groups is 2. The molecule has 0 spiro atoms. The lowest BCUT2D eigenvalue weighted by Crippen LogP contribution is -2.24. The third kappa shape index (κ3) is 3.52. The second kappa shape index (κ2) is 7.58. The molecular weight excluding hydrogens is 364 g/mol. The summed E-state index contributed by atoms with van der Waals surface area (Å²) in [5.41, 5.74) is 2.80. The Labute approximate surface area is 171 Å². The van der Waals surface area contributed by atoms with E-state index in [0.29, 0.717) is 17.4 Å². The lowest BCUT2D eigenvalue weighted by Gasteiger charge is -2.35. The van der Waals surface area contributed by atoms with Gasteiger partial charge in [-0.25, -0.2) is 0 Å². The van der Waals surface area contributed by atoms with E-state index < -0.39 is 6.10 Å². The zero-order valence-electron chi connectivity index (χ0n) is 17.2. The normalized spacial score (nSPS) is 24.1. The average molecular weight is 392 g/mol. The van der Waals surface area contributed by atoms with Crippen molar-refractivity contribution >= 4 is 5.78 Å². The van der Waals surface area contributed by atoms with E-state index in [0.717, 1.165) is 18.4 Å². The number of rotatable bonds is 3. The quantitative estimate of drug-likeness (QED) is 0.638. The number of hydrogen-bond acceptors (Lipinski definition) is 4. The van der Waals surface area contributed by atoms with Crippen LogP contribution in [0.3, 0.4) is 0 Å². The van der Waals surface area contributed by atoms with Crippen LogP contribution in [0.4, 0.5) is 0 Å². The average Bonchev–Trinajstić information content (AvgIpc) is 2.68. The van der Waals surface area contributed by atoms with Crippen molar-refractivity contribution in [2.45, 2.75) is 52.1 Å². The van der Waals surface area contributed by atoms with E-state index in [-0.39, 0.29) is 40.9 Å². The molecule has 0 fully saturated rings. The number of hydrogen-bond donors (Lipinski definition) is 2. The Morgan fingerprint density at radius 1 is 1.14 bits per heavy atom. The van der Waals surface area contributed by atoms with Crippen LogP contribution in [0.5, 0.6) is 17.2 Å². The van der Waals surface area contributed by atoms with Crippen molar-refractivity contribution in [3.05, 3.63) is 64.7 Å². The molecule has 0 saturated heterocycles. The van der Waals surface area contributed by atoms with Crippen molar-refractivity contribution in [3.63, 3.8) is 0 Å². The van der Waals surface area contributed by atoms with Gasteiger partial charge in [-0.3, -0.25) is 4.79 Å². The van der Waals surface area contributed by atoms with Crippen LogP contribution in [-0.2, 0) is 0 Å². The number of benzene rings is 2. The van der Waals surface area contributed by atoms with Gasteiger partial charge in [-0.2, -0.15) is 0 Å². The molecule has 0 saturated carbocycles. The molecule has 0 radical (unpaired) electrons. The molecule has 1 aliphatic carbocycles. The Hall–Kier alpha value is -2.75. The summed E-state index contributed by atoms with van der Waals surface area (Å²) >= 11 is 0. The summed E-state index contributed by atoms with van der Waals surface area (Å²) in [7, 11) is 0. The van der Waals surface area contributed by atoms with E-state index in [4.69, 9.17) is 4.74 Å². The largest absolute Gasteiger partial charge is 0.507 e. The third-order valence-corrected chi connectivity index (χ3v) is 6.36. The number of fused-ring (bicyclic) bond motifs is 1. The van der Waals surface area contributed by atoms with Gasteiger partial charge < -0.3 is 14.9 Å². The topological polar surface area (TPSA) is 66.8 Å². The van der Waals surface area contributed by atoms with Crippen LogP contribution in [0.25, 0.3) is 0 Å². The minimum Gasteiger partial charge on any atom is -0.507 e. The Kier molecular flexibility index (Phi) is 5.12. The Morgan fingerprint density at radius 2 is 1.86 bits per heavy atom. The number of phenolic OH excluding ortho intramolecular Hbond substituents is 2. The second-order valence-electron chi connectivity index (χ2n) is 8.66. The summed E-state index contributed by atoms with van der Waals surface area (Å²) in [6.45, 7) is 6.41. The van der Waals surface area contributed by atoms with E-state index in [1.807, 2.05) is 30.3 Å². The summed E-state index contributed by atoms with van der Waals surface area (Å²) in [4.78, 5) is 13.0. The third-order valence-electron chi connectivity index (χ3n) is 6.36. The Balaban J connectivity index is 1.78. The van der Waals surface area contributed by atoms with Gasteiger partial charge in [0.1, 0.15) is 28.9 Å². The highest BCUT2D eigenvalue weighted by Crippen LogP contribution is 2.51. The number of ketones is 1. The van der Waals surface area contributed by atoms with E-state index in [1.165, 1.54) is 11.6 Å². The smallest absolute Gasteiger partial charge is 0.174 e. The van der Waals surface area contributed by atoms with Crippen molar-refractivity contribution < 1.29 is 19.7 Å². The molecule has 1 heterocycles. The summed E-state index contributed by atoms with van der Waals surface area (Å²) in [6.07, 6.45) is 3.91. The van der Waals surface area contributed by atoms with Crippen molar-refractivity contribution in [1.82, 2.24) is 0 Å². The zero-order chi connectivity index (χ0) is 20.7. The van der Waals surface area contributed by atoms with Crippen molar-refractivity contribution in [1.29, 1.82) is 0 Å². The number of carbonyl (C=O) groups is 1. The van der Waals surface area contributed by atoms with Crippen LogP contribution in [0, 0.1) is 11.8 Å². The van der Waals surface area contributed by atoms with Gasteiger partial charge in [0.15, 0.2) is 5.78 Å².